The molecule has 4 heteroatoms. The first kappa shape index (κ1) is 16.7. The fourth-order valence-electron chi connectivity index (χ4n) is 3.55. The van der Waals surface area contributed by atoms with Crippen molar-refractivity contribution in [2.45, 2.75) is 38.5 Å². The van der Waals surface area contributed by atoms with Crippen molar-refractivity contribution in [3.05, 3.63) is 53.9 Å². The Hall–Kier alpha value is -2.10. The topological polar surface area (TPSA) is 38.1 Å². The molecule has 0 spiro atoms. The number of rotatable bonds is 6. The number of nitrogens with zero attached hydrogens (tertiary/aromatic N) is 3. The average molecular weight is 325 g/mol. The maximum atomic E-state index is 12.5. The quantitative estimate of drug-likeness (QED) is 0.818. The van der Waals surface area contributed by atoms with Gasteiger partial charge in [0.05, 0.1) is 6.20 Å². The molecule has 2 heterocycles. The van der Waals surface area contributed by atoms with Crippen LogP contribution in [0.25, 0.3) is 0 Å². The summed E-state index contributed by atoms with van der Waals surface area (Å²) < 4.78 is 1.79. The number of aromatic nitrogens is 2. The number of likely N-dealkylation sites (tertiary alicyclic amines) is 1. The van der Waals surface area contributed by atoms with Crippen molar-refractivity contribution in [1.29, 1.82) is 0 Å². The Kier molecular flexibility index (Phi) is 5.68. The van der Waals surface area contributed by atoms with Gasteiger partial charge in [0.2, 0.25) is 5.91 Å². The van der Waals surface area contributed by atoms with Crippen molar-refractivity contribution in [3.8, 4) is 0 Å². The molecule has 3 rings (SSSR count). The van der Waals surface area contributed by atoms with Crippen LogP contribution in [0.2, 0.25) is 0 Å². The molecule has 2 aromatic rings. The largest absolute Gasteiger partial charge is 0.342 e. The highest BCUT2D eigenvalue weighted by atomic mass is 16.2. The standard InChI is InChI=1S/C20H27N3O/c1-22-15-19(14-21-22)11-12-20(24)23-13-5-8-18(16-23)10-9-17-6-3-2-4-7-17/h2-4,6-7,14-15,18H,5,8-13,16H2,1H3/t18-/m0/s1. The van der Waals surface area contributed by atoms with Gasteiger partial charge in [0, 0.05) is 32.8 Å². The first-order valence-electron chi connectivity index (χ1n) is 9.00. The van der Waals surface area contributed by atoms with Crippen molar-refractivity contribution in [3.63, 3.8) is 0 Å². The first-order valence-corrected chi connectivity index (χ1v) is 9.00. The summed E-state index contributed by atoms with van der Waals surface area (Å²) in [7, 11) is 1.91. The zero-order chi connectivity index (χ0) is 16.8. The Morgan fingerprint density at radius 2 is 2.04 bits per heavy atom. The van der Waals surface area contributed by atoms with E-state index in [2.05, 4.69) is 40.3 Å². The molecular weight excluding hydrogens is 298 g/mol. The fraction of sp³-hybridized carbons (Fsp3) is 0.500. The zero-order valence-electron chi connectivity index (χ0n) is 14.5. The third kappa shape index (κ3) is 4.70. The molecule has 0 radical (unpaired) electrons. The van der Waals surface area contributed by atoms with E-state index in [1.165, 1.54) is 18.4 Å². The molecule has 4 nitrogen and oxygen atoms in total. The van der Waals surface area contributed by atoms with Crippen molar-refractivity contribution in [1.82, 2.24) is 14.7 Å². The van der Waals surface area contributed by atoms with Crippen molar-refractivity contribution >= 4 is 5.91 Å². The number of carbonyl (C=O) groups excluding carboxylic acids is 1. The summed E-state index contributed by atoms with van der Waals surface area (Å²) >= 11 is 0. The molecule has 1 aromatic carbocycles. The highest BCUT2D eigenvalue weighted by Gasteiger charge is 2.23. The normalized spacial score (nSPS) is 17.9. The predicted molar refractivity (Wildman–Crippen MR) is 95.6 cm³/mol. The fourth-order valence-corrected chi connectivity index (χ4v) is 3.55. The van der Waals surface area contributed by atoms with Gasteiger partial charge in [-0.05, 0) is 49.1 Å². The van der Waals surface area contributed by atoms with E-state index in [4.69, 9.17) is 0 Å². The number of aryl methyl sites for hydroxylation is 3. The number of hydrogen-bond donors (Lipinski definition) is 0. The number of piperidine rings is 1. The van der Waals surface area contributed by atoms with E-state index in [-0.39, 0.29) is 0 Å². The molecule has 128 valence electrons. The van der Waals surface area contributed by atoms with Crippen LogP contribution in [-0.2, 0) is 24.7 Å². The lowest BCUT2D eigenvalue weighted by molar-refractivity contribution is -0.133. The van der Waals surface area contributed by atoms with Gasteiger partial charge in [-0.2, -0.15) is 5.10 Å². The molecule has 1 aliphatic rings. The van der Waals surface area contributed by atoms with Crippen LogP contribution >= 0.6 is 0 Å². The van der Waals surface area contributed by atoms with Crippen LogP contribution in [0.3, 0.4) is 0 Å². The smallest absolute Gasteiger partial charge is 0.222 e. The molecule has 24 heavy (non-hydrogen) atoms. The Bertz CT molecular complexity index is 650. The lowest BCUT2D eigenvalue weighted by atomic mass is 9.91. The molecule has 1 saturated heterocycles. The van der Waals surface area contributed by atoms with Gasteiger partial charge in [-0.25, -0.2) is 0 Å². The van der Waals surface area contributed by atoms with E-state index in [1.807, 2.05) is 19.4 Å². The van der Waals surface area contributed by atoms with Crippen molar-refractivity contribution in [2.75, 3.05) is 13.1 Å². The summed E-state index contributed by atoms with van der Waals surface area (Å²) in [5, 5.41) is 4.16. The van der Waals surface area contributed by atoms with Gasteiger partial charge in [-0.1, -0.05) is 30.3 Å². The number of hydrogen-bond acceptors (Lipinski definition) is 2. The summed E-state index contributed by atoms with van der Waals surface area (Å²) in [5.74, 6) is 0.935. The van der Waals surface area contributed by atoms with E-state index >= 15 is 0 Å². The maximum Gasteiger partial charge on any atom is 0.222 e. The predicted octanol–water partition coefficient (Wildman–Crippen LogP) is 3.22. The molecule has 1 fully saturated rings. The summed E-state index contributed by atoms with van der Waals surface area (Å²) in [5.41, 5.74) is 2.54. The maximum absolute atomic E-state index is 12.5. The van der Waals surface area contributed by atoms with E-state index in [0.717, 1.165) is 37.9 Å². The molecule has 1 amide bonds. The van der Waals surface area contributed by atoms with Gasteiger partial charge >= 0.3 is 0 Å². The first-order chi connectivity index (χ1) is 11.7. The van der Waals surface area contributed by atoms with Crippen LogP contribution in [0.15, 0.2) is 42.7 Å². The number of benzene rings is 1. The zero-order valence-corrected chi connectivity index (χ0v) is 14.5. The third-order valence-corrected chi connectivity index (χ3v) is 4.94. The average Bonchev–Trinajstić information content (AvgIpc) is 3.04. The van der Waals surface area contributed by atoms with Crippen LogP contribution in [0.4, 0.5) is 0 Å². The summed E-state index contributed by atoms with van der Waals surface area (Å²) in [6.45, 7) is 1.85. The molecule has 0 bridgehead atoms. The molecule has 0 N–H and O–H groups in total. The van der Waals surface area contributed by atoms with E-state index in [9.17, 15) is 4.79 Å². The van der Waals surface area contributed by atoms with E-state index in [0.29, 0.717) is 18.2 Å². The summed E-state index contributed by atoms with van der Waals surface area (Å²) in [6, 6.07) is 10.7. The Morgan fingerprint density at radius 1 is 1.21 bits per heavy atom. The van der Waals surface area contributed by atoms with Crippen molar-refractivity contribution in [2.24, 2.45) is 13.0 Å². The molecule has 0 unspecified atom stereocenters. The minimum atomic E-state index is 0.295. The summed E-state index contributed by atoms with van der Waals surface area (Å²) in [6.07, 6.45) is 9.91. The SMILES string of the molecule is Cn1cc(CCC(=O)N2CCC[C@@H](CCc3ccccc3)C2)cn1. The van der Waals surface area contributed by atoms with E-state index < -0.39 is 0 Å². The van der Waals surface area contributed by atoms with Crippen LogP contribution in [0.5, 0.6) is 0 Å². The van der Waals surface area contributed by atoms with Crippen molar-refractivity contribution < 1.29 is 4.79 Å². The second-order valence-electron chi connectivity index (χ2n) is 6.89. The van der Waals surface area contributed by atoms with Gasteiger partial charge in [-0.15, -0.1) is 0 Å². The molecule has 0 saturated carbocycles. The molecular formula is C20H27N3O. The van der Waals surface area contributed by atoms with E-state index in [1.54, 1.807) is 4.68 Å². The number of amides is 1. The van der Waals surface area contributed by atoms with Gasteiger partial charge in [0.25, 0.3) is 0 Å². The van der Waals surface area contributed by atoms with Crippen LogP contribution in [0, 0.1) is 5.92 Å². The second kappa shape index (κ2) is 8.13. The molecule has 1 aromatic heterocycles. The van der Waals surface area contributed by atoms with Crippen LogP contribution in [0.1, 0.15) is 36.8 Å². The van der Waals surface area contributed by atoms with Crippen LogP contribution < -0.4 is 0 Å². The lowest BCUT2D eigenvalue weighted by Crippen LogP contribution is -2.40. The third-order valence-electron chi connectivity index (χ3n) is 4.94. The number of carbonyl (C=O) groups is 1. The Morgan fingerprint density at radius 3 is 2.79 bits per heavy atom. The minimum Gasteiger partial charge on any atom is -0.342 e. The minimum absolute atomic E-state index is 0.295. The van der Waals surface area contributed by atoms with Gasteiger partial charge in [0.1, 0.15) is 0 Å². The van der Waals surface area contributed by atoms with Gasteiger partial charge in [0.15, 0.2) is 0 Å². The highest BCUT2D eigenvalue weighted by molar-refractivity contribution is 5.76. The monoisotopic (exact) mass is 325 g/mol. The van der Waals surface area contributed by atoms with Gasteiger partial charge < -0.3 is 4.90 Å². The molecule has 1 aliphatic heterocycles. The lowest BCUT2D eigenvalue weighted by Gasteiger charge is -2.33. The second-order valence-corrected chi connectivity index (χ2v) is 6.89. The van der Waals surface area contributed by atoms with Gasteiger partial charge in [-0.3, -0.25) is 9.48 Å². The highest BCUT2D eigenvalue weighted by Crippen LogP contribution is 2.22. The van der Waals surface area contributed by atoms with Crippen LogP contribution in [-0.4, -0.2) is 33.7 Å². The Balaban J connectivity index is 1.45. The molecule has 0 aliphatic carbocycles. The summed E-state index contributed by atoms with van der Waals surface area (Å²) in [4.78, 5) is 14.6. The molecule has 1 atom stereocenters. The Labute approximate surface area is 144 Å².